The molecule has 4 aromatic rings. The maximum absolute atomic E-state index is 13.1. The van der Waals surface area contributed by atoms with Gasteiger partial charge in [-0.2, -0.15) is 0 Å². The average Bonchev–Trinajstić information content (AvgIpc) is 3.44. The highest BCUT2D eigenvalue weighted by Crippen LogP contribution is 2.38. The van der Waals surface area contributed by atoms with Crippen molar-refractivity contribution in [3.05, 3.63) is 72.8 Å². The summed E-state index contributed by atoms with van der Waals surface area (Å²) in [6, 6.07) is 24.3. The summed E-state index contributed by atoms with van der Waals surface area (Å²) in [5, 5.41) is 0.973. The molecule has 0 bridgehead atoms. The SMILES string of the molecule is CCCn1c(SCCCC(=O)N2CCN(c3ccccc3OC)CC2)nc(-c2ccc(OC)cc2)c1-c1ccc(OC)cc1. The van der Waals surface area contributed by atoms with Gasteiger partial charge in [-0.15, -0.1) is 0 Å². The van der Waals surface area contributed by atoms with Gasteiger partial charge in [-0.1, -0.05) is 30.8 Å². The second-order valence-corrected chi connectivity index (χ2v) is 11.8. The van der Waals surface area contributed by atoms with E-state index in [-0.39, 0.29) is 5.91 Å². The number of piperazine rings is 1. The number of carbonyl (C=O) groups is 1. The van der Waals surface area contributed by atoms with Crippen molar-refractivity contribution < 1.29 is 19.0 Å². The highest BCUT2D eigenvalue weighted by atomic mass is 32.2. The van der Waals surface area contributed by atoms with Gasteiger partial charge in [0.1, 0.15) is 17.2 Å². The number of imidazole rings is 1. The summed E-state index contributed by atoms with van der Waals surface area (Å²) in [7, 11) is 5.06. The van der Waals surface area contributed by atoms with Crippen LogP contribution in [-0.4, -0.2) is 73.6 Å². The van der Waals surface area contributed by atoms with E-state index in [0.717, 1.165) is 102 Å². The number of anilines is 1. The fourth-order valence-electron chi connectivity index (χ4n) is 5.60. The summed E-state index contributed by atoms with van der Waals surface area (Å²) in [5.41, 5.74) is 5.25. The lowest BCUT2D eigenvalue weighted by Crippen LogP contribution is -2.48. The minimum absolute atomic E-state index is 0.222. The van der Waals surface area contributed by atoms with Gasteiger partial charge < -0.3 is 28.6 Å². The molecule has 9 heteroatoms. The molecule has 3 aromatic carbocycles. The lowest BCUT2D eigenvalue weighted by molar-refractivity contribution is -0.131. The van der Waals surface area contributed by atoms with Crippen molar-refractivity contribution in [2.24, 2.45) is 0 Å². The van der Waals surface area contributed by atoms with Gasteiger partial charge in [0, 0.05) is 56.0 Å². The Morgan fingerprint density at radius 2 is 1.45 bits per heavy atom. The number of para-hydroxylation sites is 2. The first-order chi connectivity index (χ1) is 21.6. The van der Waals surface area contributed by atoms with Crippen LogP contribution in [0.1, 0.15) is 26.2 Å². The monoisotopic (exact) mass is 614 g/mol. The third-order valence-electron chi connectivity index (χ3n) is 7.93. The minimum atomic E-state index is 0.222. The Kier molecular flexibility index (Phi) is 10.7. The molecule has 232 valence electrons. The molecule has 0 saturated carbocycles. The lowest BCUT2D eigenvalue weighted by Gasteiger charge is -2.36. The van der Waals surface area contributed by atoms with Crippen LogP contribution in [0.4, 0.5) is 5.69 Å². The van der Waals surface area contributed by atoms with Gasteiger partial charge in [0.25, 0.3) is 0 Å². The van der Waals surface area contributed by atoms with Gasteiger partial charge in [0.2, 0.25) is 5.91 Å². The third-order valence-corrected chi connectivity index (χ3v) is 8.99. The number of thioether (sulfide) groups is 1. The van der Waals surface area contributed by atoms with Crippen LogP contribution in [-0.2, 0) is 11.3 Å². The molecule has 1 fully saturated rings. The van der Waals surface area contributed by atoms with E-state index in [1.807, 2.05) is 47.4 Å². The maximum Gasteiger partial charge on any atom is 0.222 e. The molecule has 8 nitrogen and oxygen atoms in total. The molecule has 0 radical (unpaired) electrons. The zero-order valence-corrected chi connectivity index (χ0v) is 26.9. The Bertz CT molecular complexity index is 1510. The van der Waals surface area contributed by atoms with E-state index in [1.165, 1.54) is 0 Å². The van der Waals surface area contributed by atoms with Gasteiger partial charge >= 0.3 is 0 Å². The van der Waals surface area contributed by atoms with E-state index in [0.29, 0.717) is 6.42 Å². The van der Waals surface area contributed by atoms with Crippen LogP contribution < -0.4 is 19.1 Å². The standard InChI is InChI=1S/C35H42N4O4S/c1-5-20-39-34(27-14-18-29(42-3)19-15-27)33(26-12-16-28(41-2)17-13-26)36-35(39)44-25-8-11-32(40)38-23-21-37(22-24-38)30-9-6-7-10-31(30)43-4/h6-7,9-10,12-19H,5,8,11,20-25H2,1-4H3. The molecule has 1 saturated heterocycles. The molecule has 0 atom stereocenters. The summed E-state index contributed by atoms with van der Waals surface area (Å²) >= 11 is 1.73. The van der Waals surface area contributed by atoms with Crippen LogP contribution in [0.15, 0.2) is 78.0 Å². The Morgan fingerprint density at radius 3 is 2.07 bits per heavy atom. The van der Waals surface area contributed by atoms with Gasteiger partial charge in [-0.05, 0) is 73.5 Å². The summed E-state index contributed by atoms with van der Waals surface area (Å²) in [6.45, 7) is 6.09. The van der Waals surface area contributed by atoms with Gasteiger partial charge in [-0.25, -0.2) is 4.98 Å². The molecule has 1 aromatic heterocycles. The number of hydrogen-bond acceptors (Lipinski definition) is 7. The molecular weight excluding hydrogens is 572 g/mol. The Hall–Kier alpha value is -4.11. The summed E-state index contributed by atoms with van der Waals surface area (Å²) < 4.78 is 18.7. The van der Waals surface area contributed by atoms with Crippen LogP contribution in [0.5, 0.6) is 17.2 Å². The molecule has 2 heterocycles. The molecule has 44 heavy (non-hydrogen) atoms. The van der Waals surface area contributed by atoms with E-state index in [2.05, 4.69) is 46.7 Å². The topological polar surface area (TPSA) is 69.1 Å². The number of methoxy groups -OCH3 is 3. The second kappa shape index (κ2) is 15.1. The second-order valence-electron chi connectivity index (χ2n) is 10.7. The normalized spacial score (nSPS) is 13.2. The first-order valence-corrected chi connectivity index (χ1v) is 16.2. The predicted molar refractivity (Wildman–Crippen MR) is 178 cm³/mol. The number of benzene rings is 3. The Morgan fingerprint density at radius 1 is 0.818 bits per heavy atom. The Labute approximate surface area is 264 Å². The number of nitrogens with zero attached hydrogens (tertiary/aromatic N) is 4. The van der Waals surface area contributed by atoms with Crippen molar-refractivity contribution in [3.63, 3.8) is 0 Å². The molecule has 1 amide bonds. The van der Waals surface area contributed by atoms with Crippen molar-refractivity contribution in [1.82, 2.24) is 14.5 Å². The molecule has 0 unspecified atom stereocenters. The van der Waals surface area contributed by atoms with Gasteiger partial charge in [0.15, 0.2) is 5.16 Å². The predicted octanol–water partition coefficient (Wildman–Crippen LogP) is 6.87. The van der Waals surface area contributed by atoms with E-state index in [4.69, 9.17) is 19.2 Å². The van der Waals surface area contributed by atoms with E-state index in [1.54, 1.807) is 33.1 Å². The number of ether oxygens (including phenoxy) is 3. The van der Waals surface area contributed by atoms with Gasteiger partial charge in [0.05, 0.1) is 38.4 Å². The highest BCUT2D eigenvalue weighted by molar-refractivity contribution is 7.99. The molecule has 0 N–H and O–H groups in total. The van der Waals surface area contributed by atoms with Crippen LogP contribution in [0.25, 0.3) is 22.5 Å². The fraction of sp³-hybridized carbons (Fsp3) is 0.371. The number of amides is 1. The van der Waals surface area contributed by atoms with Crippen molar-refractivity contribution in [2.75, 3.05) is 58.2 Å². The number of rotatable bonds is 13. The zero-order valence-electron chi connectivity index (χ0n) is 26.1. The van der Waals surface area contributed by atoms with Crippen LogP contribution >= 0.6 is 11.8 Å². The summed E-state index contributed by atoms with van der Waals surface area (Å²) in [5.74, 6) is 3.55. The van der Waals surface area contributed by atoms with E-state index in [9.17, 15) is 4.79 Å². The van der Waals surface area contributed by atoms with E-state index >= 15 is 0 Å². The highest BCUT2D eigenvalue weighted by Gasteiger charge is 2.24. The lowest BCUT2D eigenvalue weighted by atomic mass is 10.0. The maximum atomic E-state index is 13.1. The fourth-order valence-corrected chi connectivity index (χ4v) is 6.56. The van der Waals surface area contributed by atoms with Crippen LogP contribution in [0.2, 0.25) is 0 Å². The first-order valence-electron chi connectivity index (χ1n) is 15.2. The van der Waals surface area contributed by atoms with E-state index < -0.39 is 0 Å². The largest absolute Gasteiger partial charge is 0.497 e. The van der Waals surface area contributed by atoms with Crippen molar-refractivity contribution in [2.45, 2.75) is 37.9 Å². The summed E-state index contributed by atoms with van der Waals surface area (Å²) in [6.07, 6.45) is 2.31. The third kappa shape index (κ3) is 7.16. The number of aromatic nitrogens is 2. The number of hydrogen-bond donors (Lipinski definition) is 0. The smallest absolute Gasteiger partial charge is 0.222 e. The molecule has 1 aliphatic heterocycles. The van der Waals surface area contributed by atoms with Crippen molar-refractivity contribution in [1.29, 1.82) is 0 Å². The minimum Gasteiger partial charge on any atom is -0.497 e. The molecule has 1 aliphatic rings. The average molecular weight is 615 g/mol. The number of carbonyl (C=O) groups excluding carboxylic acids is 1. The molecule has 0 spiro atoms. The van der Waals surface area contributed by atoms with Crippen LogP contribution in [0.3, 0.4) is 0 Å². The molecule has 5 rings (SSSR count). The quantitative estimate of drug-likeness (QED) is 0.120. The molecular formula is C35H42N4O4S. The Balaban J connectivity index is 1.26. The first kappa shape index (κ1) is 31.3. The summed E-state index contributed by atoms with van der Waals surface area (Å²) in [4.78, 5) is 22.6. The zero-order chi connectivity index (χ0) is 30.9. The van der Waals surface area contributed by atoms with Gasteiger partial charge in [-0.3, -0.25) is 4.79 Å². The van der Waals surface area contributed by atoms with Crippen molar-refractivity contribution >= 4 is 23.4 Å². The van der Waals surface area contributed by atoms with Crippen molar-refractivity contribution in [3.8, 4) is 39.8 Å². The van der Waals surface area contributed by atoms with Crippen LogP contribution in [0, 0.1) is 0 Å². The molecule has 0 aliphatic carbocycles.